The topological polar surface area (TPSA) is 0 Å². The van der Waals surface area contributed by atoms with E-state index in [1.165, 1.54) is 103 Å². The normalized spacial score (nSPS) is 10.4. The fourth-order valence-electron chi connectivity index (χ4n) is 2.62. The lowest BCUT2D eigenvalue weighted by Gasteiger charge is -2.03. The molecule has 4 radical (unpaired) electrons. The van der Waals surface area contributed by atoms with Gasteiger partial charge in [0.2, 0.25) is 0 Å². The zero-order valence-corrected chi connectivity index (χ0v) is 13.8. The predicted molar refractivity (Wildman–Crippen MR) is 88.5 cm³/mol. The summed E-state index contributed by atoms with van der Waals surface area (Å²) in [6.45, 7) is 4.59. The lowest BCUT2D eigenvalue weighted by atomic mass is 10.0. The molecule has 0 N–H and O–H groups in total. The van der Waals surface area contributed by atoms with Crippen molar-refractivity contribution in [3.63, 3.8) is 0 Å². The number of unbranched alkanes of at least 4 members (excludes halogenated alkanes) is 15. The first-order valence-electron chi connectivity index (χ1n) is 8.91. The third kappa shape index (κ3) is 20.5. The van der Waals surface area contributed by atoms with Crippen LogP contribution in [-0.4, -0.2) is 0 Å². The molecule has 0 unspecified atom stereocenters. The Morgan fingerprint density at radius 2 is 0.474 bits per heavy atom. The monoisotopic (exact) mass is 266 g/mol. The molecule has 0 atom stereocenters. The molecule has 0 nitrogen and oxygen atoms in total. The van der Waals surface area contributed by atoms with E-state index >= 15 is 0 Å². The molecule has 0 amide bonds. The highest BCUT2D eigenvalue weighted by Crippen LogP contribution is 2.13. The average molecular weight is 267 g/mol. The van der Waals surface area contributed by atoms with Crippen LogP contribution in [0.3, 0.4) is 0 Å². The molecule has 0 heteroatoms. The van der Waals surface area contributed by atoms with E-state index in [-0.39, 0.29) is 7.43 Å². The summed E-state index contributed by atoms with van der Waals surface area (Å²) in [6.07, 6.45) is 23.4. The van der Waals surface area contributed by atoms with E-state index in [0.717, 1.165) is 0 Å². The van der Waals surface area contributed by atoms with E-state index in [9.17, 15) is 0 Å². The second-order valence-electron chi connectivity index (χ2n) is 5.95. The van der Waals surface area contributed by atoms with Gasteiger partial charge in [0.05, 0.1) is 0 Å². The first-order valence-corrected chi connectivity index (χ1v) is 8.91. The van der Waals surface area contributed by atoms with Crippen LogP contribution in [0.4, 0.5) is 0 Å². The van der Waals surface area contributed by atoms with Crippen LogP contribution in [0.5, 0.6) is 0 Å². The van der Waals surface area contributed by atoms with Gasteiger partial charge in [0.15, 0.2) is 0 Å². The van der Waals surface area contributed by atoms with Crippen LogP contribution in [0.1, 0.15) is 117 Å². The maximum atomic E-state index is 2.29. The molecule has 0 aromatic heterocycles. The van der Waals surface area contributed by atoms with Crippen LogP contribution in [0, 0.1) is 7.43 Å². The van der Waals surface area contributed by atoms with Crippen LogP contribution >= 0.6 is 0 Å². The first-order chi connectivity index (χ1) is 8.91. The van der Waals surface area contributed by atoms with Crippen molar-refractivity contribution in [2.45, 2.75) is 117 Å². The van der Waals surface area contributed by atoms with Gasteiger partial charge in [-0.2, -0.15) is 0 Å². The van der Waals surface area contributed by atoms with Gasteiger partial charge in [-0.1, -0.05) is 117 Å². The minimum atomic E-state index is 0. The Kier molecular flexibility index (Phi) is 22.8. The largest absolute Gasteiger partial charge is 0.0654 e. The molecule has 0 aromatic rings. The Bertz CT molecular complexity index is 112. The smallest absolute Gasteiger partial charge is 0 e. The lowest BCUT2D eigenvalue weighted by molar-refractivity contribution is 0.531. The van der Waals surface area contributed by atoms with Gasteiger partial charge >= 0.3 is 0 Å². The van der Waals surface area contributed by atoms with E-state index < -0.39 is 0 Å². The van der Waals surface area contributed by atoms with E-state index in [0.29, 0.717) is 0 Å². The molecule has 0 aromatic carbocycles. The predicted octanol–water partition coefficient (Wildman–Crippen LogP) is 7.35. The van der Waals surface area contributed by atoms with Gasteiger partial charge in [0, 0.05) is 7.43 Å². The van der Waals surface area contributed by atoms with Crippen molar-refractivity contribution in [1.82, 2.24) is 0 Å². The molecular formula is C19H38. The third-order valence-electron chi connectivity index (χ3n) is 3.96. The van der Waals surface area contributed by atoms with Crippen molar-refractivity contribution >= 4 is 0 Å². The highest BCUT2D eigenvalue weighted by Gasteiger charge is 1.93. The molecule has 114 valence electrons. The van der Waals surface area contributed by atoms with Gasteiger partial charge in [0.1, 0.15) is 0 Å². The van der Waals surface area contributed by atoms with Crippen LogP contribution in [-0.2, 0) is 0 Å². The summed E-state index contributed by atoms with van der Waals surface area (Å²) in [5, 5.41) is 0. The van der Waals surface area contributed by atoms with E-state index in [4.69, 9.17) is 0 Å². The fourth-order valence-corrected chi connectivity index (χ4v) is 2.62. The standard InChI is InChI=1S/C18H38.C/c1-3-5-7-9-11-13-15-17-18-16-14-12-10-8-6-4-2;/h3-18H2,1-2H3;. The second kappa shape index (κ2) is 20.3. The molecule has 0 aliphatic rings. The SMILES string of the molecule is CCCCCCCCCCCCCCCCCC.[C]. The minimum absolute atomic E-state index is 0. The summed E-state index contributed by atoms with van der Waals surface area (Å²) in [4.78, 5) is 0. The third-order valence-corrected chi connectivity index (χ3v) is 3.96. The molecule has 0 aliphatic carbocycles. The highest BCUT2D eigenvalue weighted by molar-refractivity contribution is 4.49. The molecule has 0 saturated heterocycles. The zero-order valence-electron chi connectivity index (χ0n) is 13.8. The van der Waals surface area contributed by atoms with E-state index in [2.05, 4.69) is 13.8 Å². The fraction of sp³-hybridized carbons (Fsp3) is 0.947. The van der Waals surface area contributed by atoms with Crippen molar-refractivity contribution < 1.29 is 0 Å². The molecule has 0 aliphatic heterocycles. The molecule has 0 saturated carbocycles. The van der Waals surface area contributed by atoms with E-state index in [1.807, 2.05) is 0 Å². The minimum Gasteiger partial charge on any atom is -0.0654 e. The summed E-state index contributed by atoms with van der Waals surface area (Å²) in [6, 6.07) is 0. The average Bonchev–Trinajstić information content (AvgIpc) is 2.39. The van der Waals surface area contributed by atoms with Crippen molar-refractivity contribution in [3.05, 3.63) is 7.43 Å². The second-order valence-corrected chi connectivity index (χ2v) is 5.95. The van der Waals surface area contributed by atoms with Crippen LogP contribution < -0.4 is 0 Å². The van der Waals surface area contributed by atoms with Gasteiger partial charge in [-0.3, -0.25) is 0 Å². The molecule has 0 fully saturated rings. The van der Waals surface area contributed by atoms with Crippen molar-refractivity contribution in [2.75, 3.05) is 0 Å². The molecule has 19 heavy (non-hydrogen) atoms. The molecule has 0 heterocycles. The van der Waals surface area contributed by atoms with Crippen molar-refractivity contribution in [2.24, 2.45) is 0 Å². The highest BCUT2D eigenvalue weighted by atomic mass is 14.0. The van der Waals surface area contributed by atoms with Gasteiger partial charge in [-0.05, 0) is 0 Å². The van der Waals surface area contributed by atoms with Gasteiger partial charge in [0.25, 0.3) is 0 Å². The van der Waals surface area contributed by atoms with E-state index in [1.54, 1.807) is 0 Å². The quantitative estimate of drug-likeness (QED) is 0.272. The maximum absolute atomic E-state index is 2.29. The summed E-state index contributed by atoms with van der Waals surface area (Å²) >= 11 is 0. The zero-order chi connectivity index (χ0) is 13.3. The Balaban J connectivity index is 0. The number of rotatable bonds is 15. The van der Waals surface area contributed by atoms with Crippen LogP contribution in [0.25, 0.3) is 0 Å². The summed E-state index contributed by atoms with van der Waals surface area (Å²) in [5.74, 6) is 0. The summed E-state index contributed by atoms with van der Waals surface area (Å²) in [5.41, 5.74) is 0. The van der Waals surface area contributed by atoms with Crippen molar-refractivity contribution in [1.29, 1.82) is 0 Å². The molecular weight excluding hydrogens is 228 g/mol. The number of hydrogen-bond acceptors (Lipinski definition) is 0. The Hall–Kier alpha value is 0. The molecule has 0 spiro atoms. The first kappa shape index (κ1) is 21.3. The summed E-state index contributed by atoms with van der Waals surface area (Å²) in [7, 11) is 0. The molecule has 0 bridgehead atoms. The number of hydrogen-bond donors (Lipinski definition) is 0. The Morgan fingerprint density at radius 3 is 0.632 bits per heavy atom. The van der Waals surface area contributed by atoms with Crippen LogP contribution in [0.2, 0.25) is 0 Å². The van der Waals surface area contributed by atoms with Gasteiger partial charge in [-0.25, -0.2) is 0 Å². The van der Waals surface area contributed by atoms with Gasteiger partial charge in [-0.15, -0.1) is 0 Å². The maximum Gasteiger partial charge on any atom is 0 e. The van der Waals surface area contributed by atoms with Gasteiger partial charge < -0.3 is 0 Å². The van der Waals surface area contributed by atoms with Crippen LogP contribution in [0.15, 0.2) is 0 Å². The Labute approximate surface area is 124 Å². The summed E-state index contributed by atoms with van der Waals surface area (Å²) < 4.78 is 0. The Morgan fingerprint density at radius 1 is 0.316 bits per heavy atom. The molecule has 0 rings (SSSR count). The van der Waals surface area contributed by atoms with Crippen molar-refractivity contribution in [3.8, 4) is 0 Å². The lowest BCUT2D eigenvalue weighted by Crippen LogP contribution is -1.83.